The largest absolute Gasteiger partial charge is 0.495 e. The van der Waals surface area contributed by atoms with E-state index in [0.29, 0.717) is 16.5 Å². The van der Waals surface area contributed by atoms with Gasteiger partial charge in [-0.15, -0.1) is 5.10 Å². The first-order valence-electron chi connectivity index (χ1n) is 7.84. The predicted molar refractivity (Wildman–Crippen MR) is 96.0 cm³/mol. The number of carbonyl (C=O) groups is 3. The fourth-order valence-electron chi connectivity index (χ4n) is 2.13. The summed E-state index contributed by atoms with van der Waals surface area (Å²) in [7, 11) is 1.47. The molecule has 144 valence electrons. The van der Waals surface area contributed by atoms with Crippen molar-refractivity contribution < 1.29 is 24.2 Å². The molecule has 10 nitrogen and oxygen atoms in total. The fraction of sp³-hybridized carbons (Fsp3) is 0.312. The number of carbonyl (C=O) groups excluding carboxylic acids is 2. The summed E-state index contributed by atoms with van der Waals surface area (Å²) in [6.45, 7) is 1.70. The molecule has 0 aliphatic rings. The maximum absolute atomic E-state index is 12.1. The normalized spacial score (nSPS) is 10.3. The van der Waals surface area contributed by atoms with Crippen molar-refractivity contribution in [2.45, 2.75) is 19.9 Å². The van der Waals surface area contributed by atoms with E-state index >= 15 is 0 Å². The number of methoxy groups -OCH3 is 1. The van der Waals surface area contributed by atoms with Crippen LogP contribution in [0.3, 0.4) is 0 Å². The van der Waals surface area contributed by atoms with E-state index in [9.17, 15) is 14.4 Å². The highest BCUT2D eigenvalue weighted by Crippen LogP contribution is 2.30. The summed E-state index contributed by atoms with van der Waals surface area (Å²) in [4.78, 5) is 34.6. The number of aromatic carboxylic acids is 1. The molecule has 0 radical (unpaired) electrons. The van der Waals surface area contributed by atoms with Crippen LogP contribution in [0.25, 0.3) is 0 Å². The van der Waals surface area contributed by atoms with Gasteiger partial charge in [0.1, 0.15) is 12.3 Å². The minimum Gasteiger partial charge on any atom is -0.495 e. The average Bonchev–Trinajstić information content (AvgIpc) is 3.06. The lowest BCUT2D eigenvalue weighted by molar-refractivity contribution is -0.122. The maximum atomic E-state index is 12.1. The lowest BCUT2D eigenvalue weighted by atomic mass is 10.2. The molecular formula is C16H18ClN5O5. The van der Waals surface area contributed by atoms with Gasteiger partial charge in [0, 0.05) is 24.1 Å². The lowest BCUT2D eigenvalue weighted by Gasteiger charge is -2.12. The maximum Gasteiger partial charge on any atom is 0.358 e. The van der Waals surface area contributed by atoms with Crippen LogP contribution in [-0.4, -0.2) is 51.5 Å². The van der Waals surface area contributed by atoms with Gasteiger partial charge in [-0.3, -0.25) is 9.59 Å². The Morgan fingerprint density at radius 1 is 1.30 bits per heavy atom. The molecule has 0 unspecified atom stereocenters. The van der Waals surface area contributed by atoms with Gasteiger partial charge in [-0.1, -0.05) is 16.8 Å². The Balaban J connectivity index is 1.81. The number of rotatable bonds is 8. The monoisotopic (exact) mass is 395 g/mol. The second kappa shape index (κ2) is 8.99. The van der Waals surface area contributed by atoms with Crippen molar-refractivity contribution in [3.05, 3.63) is 34.6 Å². The summed E-state index contributed by atoms with van der Waals surface area (Å²) < 4.78 is 6.28. The van der Waals surface area contributed by atoms with Gasteiger partial charge < -0.3 is 20.5 Å². The van der Waals surface area contributed by atoms with E-state index in [1.54, 1.807) is 19.1 Å². The highest BCUT2D eigenvalue weighted by molar-refractivity contribution is 6.31. The molecule has 0 saturated carbocycles. The number of anilines is 1. The molecule has 11 heteroatoms. The first-order valence-corrected chi connectivity index (χ1v) is 8.22. The Kier molecular flexibility index (Phi) is 6.72. The second-order valence-corrected chi connectivity index (χ2v) is 5.96. The SMILES string of the molecule is COc1cc(Cl)c(C)cc1NC(=O)CCNC(=O)Cn1cc(C(=O)O)nn1. The number of nitrogens with one attached hydrogen (secondary N) is 2. The van der Waals surface area contributed by atoms with E-state index in [1.165, 1.54) is 7.11 Å². The molecule has 2 rings (SSSR count). The molecule has 0 atom stereocenters. The van der Waals surface area contributed by atoms with Crippen molar-refractivity contribution >= 4 is 35.1 Å². The molecule has 1 aromatic heterocycles. The molecule has 0 aliphatic carbocycles. The predicted octanol–water partition coefficient (Wildman–Crippen LogP) is 1.09. The van der Waals surface area contributed by atoms with Gasteiger partial charge >= 0.3 is 5.97 Å². The van der Waals surface area contributed by atoms with Crippen LogP contribution in [-0.2, 0) is 16.1 Å². The molecule has 0 spiro atoms. The number of benzene rings is 1. The number of carboxylic acid groups (broad SMARTS) is 1. The highest BCUT2D eigenvalue weighted by atomic mass is 35.5. The van der Waals surface area contributed by atoms with Gasteiger partial charge in [0.05, 0.1) is 19.0 Å². The fourth-order valence-corrected chi connectivity index (χ4v) is 2.29. The van der Waals surface area contributed by atoms with E-state index in [1.807, 2.05) is 0 Å². The average molecular weight is 396 g/mol. The quantitative estimate of drug-likeness (QED) is 0.608. The Hall–Kier alpha value is -3.14. The molecule has 0 fully saturated rings. The number of ether oxygens (including phenoxy) is 1. The minimum absolute atomic E-state index is 0.0360. The summed E-state index contributed by atoms with van der Waals surface area (Å²) in [6, 6.07) is 3.31. The molecule has 2 aromatic rings. The third kappa shape index (κ3) is 5.68. The van der Waals surface area contributed by atoms with Crippen molar-refractivity contribution in [2.24, 2.45) is 0 Å². The van der Waals surface area contributed by atoms with E-state index in [4.69, 9.17) is 21.4 Å². The van der Waals surface area contributed by atoms with Gasteiger partial charge in [0.15, 0.2) is 5.69 Å². The lowest BCUT2D eigenvalue weighted by Crippen LogP contribution is -2.30. The standard InChI is InChI=1S/C16H18ClN5O5/c1-9-5-11(13(27-2)6-10(9)17)19-14(23)3-4-18-15(24)8-22-7-12(16(25)26)20-21-22/h5-7H,3-4,8H2,1-2H3,(H,18,24)(H,19,23)(H,25,26). The van der Waals surface area contributed by atoms with Gasteiger partial charge in [-0.25, -0.2) is 9.48 Å². The van der Waals surface area contributed by atoms with Crippen LogP contribution in [0.15, 0.2) is 18.3 Å². The number of hydrogen-bond acceptors (Lipinski definition) is 6. The number of amides is 2. The minimum atomic E-state index is -1.23. The van der Waals surface area contributed by atoms with E-state index in [-0.39, 0.29) is 31.1 Å². The number of halogens is 1. The van der Waals surface area contributed by atoms with Gasteiger partial charge in [0.2, 0.25) is 11.8 Å². The number of carboxylic acids is 1. The topological polar surface area (TPSA) is 135 Å². The van der Waals surface area contributed by atoms with Crippen molar-refractivity contribution in [3.8, 4) is 5.75 Å². The molecule has 0 bridgehead atoms. The summed E-state index contributed by atoms with van der Waals surface area (Å²) in [5.74, 6) is -1.54. The van der Waals surface area contributed by atoms with E-state index in [2.05, 4.69) is 20.9 Å². The van der Waals surface area contributed by atoms with Crippen molar-refractivity contribution in [1.82, 2.24) is 20.3 Å². The molecule has 3 N–H and O–H groups in total. The van der Waals surface area contributed by atoms with Crippen LogP contribution in [0.5, 0.6) is 5.75 Å². The smallest absolute Gasteiger partial charge is 0.358 e. The van der Waals surface area contributed by atoms with Gasteiger partial charge in [-0.2, -0.15) is 0 Å². The molecular weight excluding hydrogens is 378 g/mol. The Bertz CT molecular complexity index is 867. The number of nitrogens with zero attached hydrogens (tertiary/aromatic N) is 3. The summed E-state index contributed by atoms with van der Waals surface area (Å²) in [5, 5.41) is 21.5. The Morgan fingerprint density at radius 2 is 2.04 bits per heavy atom. The molecule has 0 saturated heterocycles. The zero-order chi connectivity index (χ0) is 20.0. The number of aromatic nitrogens is 3. The zero-order valence-electron chi connectivity index (χ0n) is 14.7. The summed E-state index contributed by atoms with van der Waals surface area (Å²) in [6.07, 6.45) is 1.18. The van der Waals surface area contributed by atoms with Crippen molar-refractivity contribution in [1.29, 1.82) is 0 Å². The molecule has 2 amide bonds. The number of hydrogen-bond donors (Lipinski definition) is 3. The summed E-state index contributed by atoms with van der Waals surface area (Å²) >= 11 is 6.02. The Morgan fingerprint density at radius 3 is 2.67 bits per heavy atom. The van der Waals surface area contributed by atoms with Crippen LogP contribution >= 0.6 is 11.6 Å². The first-order chi connectivity index (χ1) is 12.8. The third-order valence-corrected chi connectivity index (χ3v) is 3.90. The van der Waals surface area contributed by atoms with E-state index in [0.717, 1.165) is 16.4 Å². The highest BCUT2D eigenvalue weighted by Gasteiger charge is 2.12. The van der Waals surface area contributed by atoms with Crippen molar-refractivity contribution in [2.75, 3.05) is 19.0 Å². The molecule has 0 aliphatic heterocycles. The molecule has 1 heterocycles. The second-order valence-electron chi connectivity index (χ2n) is 5.56. The van der Waals surface area contributed by atoms with Gasteiger partial charge in [0.25, 0.3) is 0 Å². The van der Waals surface area contributed by atoms with Crippen LogP contribution < -0.4 is 15.4 Å². The zero-order valence-corrected chi connectivity index (χ0v) is 15.4. The molecule has 27 heavy (non-hydrogen) atoms. The van der Waals surface area contributed by atoms with Crippen LogP contribution in [0.4, 0.5) is 5.69 Å². The van der Waals surface area contributed by atoms with Gasteiger partial charge in [-0.05, 0) is 18.6 Å². The Labute approximate surface area is 159 Å². The van der Waals surface area contributed by atoms with E-state index < -0.39 is 11.9 Å². The van der Waals surface area contributed by atoms with Crippen molar-refractivity contribution in [3.63, 3.8) is 0 Å². The van der Waals surface area contributed by atoms with Crippen LogP contribution in [0.1, 0.15) is 22.5 Å². The third-order valence-electron chi connectivity index (χ3n) is 3.49. The van der Waals surface area contributed by atoms with Crippen LogP contribution in [0.2, 0.25) is 5.02 Å². The first kappa shape index (κ1) is 20.2. The molecule has 1 aromatic carbocycles. The van der Waals surface area contributed by atoms with Crippen LogP contribution in [0, 0.1) is 6.92 Å². The summed E-state index contributed by atoms with van der Waals surface area (Å²) in [5.41, 5.74) is 1.02. The number of aryl methyl sites for hydroxylation is 1.